The number of carboxylic acids is 1. The first-order chi connectivity index (χ1) is 10.1. The van der Waals surface area contributed by atoms with Crippen molar-refractivity contribution in [3.05, 3.63) is 46.6 Å². The average molecular weight is 300 g/mol. The van der Waals surface area contributed by atoms with Gasteiger partial charge in [0.15, 0.2) is 4.96 Å². The summed E-state index contributed by atoms with van der Waals surface area (Å²) < 4.78 is 1.85. The molecule has 0 aliphatic carbocycles. The number of fused-ring (bicyclic) bond motifs is 1. The molecule has 2 heterocycles. The normalized spacial score (nSPS) is 11.1. The van der Waals surface area contributed by atoms with Gasteiger partial charge in [0.2, 0.25) is 0 Å². The molecule has 108 valence electrons. The van der Waals surface area contributed by atoms with Crippen molar-refractivity contribution in [2.45, 2.75) is 26.7 Å². The lowest BCUT2D eigenvalue weighted by molar-refractivity contribution is 0.0701. The van der Waals surface area contributed by atoms with Crippen LogP contribution < -0.4 is 0 Å². The van der Waals surface area contributed by atoms with Crippen LogP contribution in [-0.4, -0.2) is 20.5 Å². The van der Waals surface area contributed by atoms with Crippen LogP contribution in [0.4, 0.5) is 0 Å². The molecule has 0 bridgehead atoms. The Kier molecular flexibility index (Phi) is 3.51. The molecule has 21 heavy (non-hydrogen) atoms. The largest absolute Gasteiger partial charge is 0.477 e. The summed E-state index contributed by atoms with van der Waals surface area (Å²) in [5.74, 6) is -0.895. The van der Waals surface area contributed by atoms with E-state index in [0.29, 0.717) is 4.88 Å². The average Bonchev–Trinajstić information content (AvgIpc) is 3.00. The number of hydrogen-bond acceptors (Lipinski definition) is 3. The number of aromatic carboxylic acids is 1. The zero-order chi connectivity index (χ0) is 15.0. The number of rotatable bonds is 4. The third-order valence-electron chi connectivity index (χ3n) is 3.54. The van der Waals surface area contributed by atoms with Crippen molar-refractivity contribution in [3.8, 4) is 11.3 Å². The van der Waals surface area contributed by atoms with Gasteiger partial charge in [-0.15, -0.1) is 0 Å². The molecule has 4 nitrogen and oxygen atoms in total. The fourth-order valence-corrected chi connectivity index (χ4v) is 3.37. The maximum Gasteiger partial charge on any atom is 0.347 e. The zero-order valence-corrected chi connectivity index (χ0v) is 12.8. The van der Waals surface area contributed by atoms with Gasteiger partial charge < -0.3 is 5.11 Å². The van der Waals surface area contributed by atoms with Crippen molar-refractivity contribution in [3.63, 3.8) is 0 Å². The molecular weight excluding hydrogens is 284 g/mol. The third-order valence-corrected chi connectivity index (χ3v) is 4.68. The van der Waals surface area contributed by atoms with Gasteiger partial charge in [-0.1, -0.05) is 48.9 Å². The van der Waals surface area contributed by atoms with Gasteiger partial charge in [-0.05, 0) is 18.9 Å². The van der Waals surface area contributed by atoms with Gasteiger partial charge in [-0.2, -0.15) is 0 Å². The molecule has 1 aromatic carbocycles. The van der Waals surface area contributed by atoms with E-state index >= 15 is 0 Å². The van der Waals surface area contributed by atoms with Crippen LogP contribution in [0.25, 0.3) is 16.2 Å². The summed E-state index contributed by atoms with van der Waals surface area (Å²) in [4.78, 5) is 16.7. The van der Waals surface area contributed by atoms with Crippen molar-refractivity contribution >= 4 is 22.3 Å². The molecule has 0 unspecified atom stereocenters. The topological polar surface area (TPSA) is 54.6 Å². The highest BCUT2D eigenvalue weighted by Crippen LogP contribution is 2.27. The van der Waals surface area contributed by atoms with E-state index in [-0.39, 0.29) is 0 Å². The zero-order valence-electron chi connectivity index (χ0n) is 12.0. The van der Waals surface area contributed by atoms with Crippen LogP contribution in [-0.2, 0) is 6.42 Å². The molecule has 0 amide bonds. The second kappa shape index (κ2) is 5.33. The van der Waals surface area contributed by atoms with Gasteiger partial charge in [-0.25, -0.2) is 9.78 Å². The van der Waals surface area contributed by atoms with Gasteiger partial charge in [0.05, 0.1) is 5.69 Å². The molecule has 0 fully saturated rings. The van der Waals surface area contributed by atoms with Crippen LogP contribution in [0.3, 0.4) is 0 Å². The predicted molar refractivity (Wildman–Crippen MR) is 84.2 cm³/mol. The molecule has 0 saturated carbocycles. The fourth-order valence-electron chi connectivity index (χ4n) is 2.42. The van der Waals surface area contributed by atoms with Gasteiger partial charge in [0, 0.05) is 17.5 Å². The lowest BCUT2D eigenvalue weighted by Gasteiger charge is -2.00. The molecule has 3 rings (SSSR count). The SMILES string of the molecule is CCCc1ccc(-c2cn3c(C)c(C(=O)O)sc3n2)cc1. The first-order valence-corrected chi connectivity index (χ1v) is 7.73. The van der Waals surface area contributed by atoms with Crippen LogP contribution in [0.15, 0.2) is 30.5 Å². The lowest BCUT2D eigenvalue weighted by atomic mass is 10.1. The molecule has 2 aromatic heterocycles. The van der Waals surface area contributed by atoms with E-state index in [2.05, 4.69) is 36.2 Å². The Morgan fingerprint density at radius 3 is 2.62 bits per heavy atom. The van der Waals surface area contributed by atoms with Crippen molar-refractivity contribution in [1.82, 2.24) is 9.38 Å². The fraction of sp³-hybridized carbons (Fsp3) is 0.250. The first kappa shape index (κ1) is 13.8. The van der Waals surface area contributed by atoms with E-state index in [0.717, 1.165) is 34.8 Å². The first-order valence-electron chi connectivity index (χ1n) is 6.91. The molecule has 1 N–H and O–H groups in total. The summed E-state index contributed by atoms with van der Waals surface area (Å²) in [6, 6.07) is 8.40. The minimum Gasteiger partial charge on any atom is -0.477 e. The summed E-state index contributed by atoms with van der Waals surface area (Å²) in [5, 5.41) is 9.12. The lowest BCUT2D eigenvalue weighted by Crippen LogP contribution is -1.96. The van der Waals surface area contributed by atoms with Crippen LogP contribution in [0.1, 0.15) is 34.3 Å². The van der Waals surface area contributed by atoms with Crippen molar-refractivity contribution in [2.24, 2.45) is 0 Å². The van der Waals surface area contributed by atoms with Gasteiger partial charge >= 0.3 is 5.97 Å². The summed E-state index contributed by atoms with van der Waals surface area (Å²) in [6.07, 6.45) is 4.12. The van der Waals surface area contributed by atoms with Gasteiger partial charge in [0.25, 0.3) is 0 Å². The van der Waals surface area contributed by atoms with E-state index in [1.54, 1.807) is 0 Å². The number of aryl methyl sites for hydroxylation is 2. The highest BCUT2D eigenvalue weighted by Gasteiger charge is 2.16. The Hall–Kier alpha value is -2.14. The molecule has 0 spiro atoms. The summed E-state index contributed by atoms with van der Waals surface area (Å²) in [5.41, 5.74) is 3.99. The minimum absolute atomic E-state index is 0.349. The molecule has 5 heteroatoms. The molecule has 3 aromatic rings. The monoisotopic (exact) mass is 300 g/mol. The van der Waals surface area contributed by atoms with Gasteiger partial charge in [-0.3, -0.25) is 4.40 Å². The minimum atomic E-state index is -0.895. The van der Waals surface area contributed by atoms with Crippen LogP contribution >= 0.6 is 11.3 Å². The highest BCUT2D eigenvalue weighted by molar-refractivity contribution is 7.19. The maximum absolute atomic E-state index is 11.1. The summed E-state index contributed by atoms with van der Waals surface area (Å²) >= 11 is 1.21. The van der Waals surface area contributed by atoms with Crippen molar-refractivity contribution in [1.29, 1.82) is 0 Å². The number of benzene rings is 1. The number of nitrogens with zero attached hydrogens (tertiary/aromatic N) is 2. The quantitative estimate of drug-likeness (QED) is 0.791. The van der Waals surface area contributed by atoms with Crippen LogP contribution in [0.2, 0.25) is 0 Å². The Morgan fingerprint density at radius 1 is 1.33 bits per heavy atom. The van der Waals surface area contributed by atoms with Crippen LogP contribution in [0, 0.1) is 6.92 Å². The Morgan fingerprint density at radius 2 is 2.05 bits per heavy atom. The Bertz CT molecular complexity index is 800. The number of carbonyl (C=O) groups is 1. The maximum atomic E-state index is 11.1. The van der Waals surface area contributed by atoms with Gasteiger partial charge in [0.1, 0.15) is 4.88 Å². The molecule has 0 radical (unpaired) electrons. The molecule has 0 aliphatic heterocycles. The second-order valence-electron chi connectivity index (χ2n) is 5.05. The van der Waals surface area contributed by atoms with E-state index in [9.17, 15) is 4.79 Å². The summed E-state index contributed by atoms with van der Waals surface area (Å²) in [7, 11) is 0. The highest BCUT2D eigenvalue weighted by atomic mass is 32.1. The second-order valence-corrected chi connectivity index (χ2v) is 6.02. The standard InChI is InChI=1S/C16H16N2O2S/c1-3-4-11-5-7-12(8-6-11)13-9-18-10(2)14(15(19)20)21-16(18)17-13/h5-9H,3-4H2,1-2H3,(H,19,20). The third kappa shape index (κ3) is 2.45. The van der Waals surface area contributed by atoms with Crippen molar-refractivity contribution in [2.75, 3.05) is 0 Å². The number of imidazole rings is 1. The number of aromatic nitrogens is 2. The number of thiazole rings is 1. The number of hydrogen-bond donors (Lipinski definition) is 1. The van der Waals surface area contributed by atoms with E-state index in [1.807, 2.05) is 17.5 Å². The Balaban J connectivity index is 1.99. The predicted octanol–water partition coefficient (Wildman–Crippen LogP) is 4.02. The molecule has 0 aliphatic rings. The van der Waals surface area contributed by atoms with Crippen molar-refractivity contribution < 1.29 is 9.90 Å². The van der Waals surface area contributed by atoms with E-state index in [4.69, 9.17) is 5.11 Å². The molecule has 0 atom stereocenters. The van der Waals surface area contributed by atoms with Crippen LogP contribution in [0.5, 0.6) is 0 Å². The van der Waals surface area contributed by atoms with E-state index in [1.165, 1.54) is 16.9 Å². The molecular formula is C16H16N2O2S. The molecule has 0 saturated heterocycles. The Labute approximate surface area is 126 Å². The number of carboxylic acid groups (broad SMARTS) is 1. The summed E-state index contributed by atoms with van der Waals surface area (Å²) in [6.45, 7) is 3.98. The smallest absolute Gasteiger partial charge is 0.347 e. The van der Waals surface area contributed by atoms with E-state index < -0.39 is 5.97 Å².